The Kier molecular flexibility index (Phi) is 7.03. The number of hydrogen-bond donors (Lipinski definition) is 2. The number of aromatic hydroxyl groups is 1. The molecule has 6 nitrogen and oxygen atoms in total. The molecule has 0 heterocycles. The average Bonchev–Trinajstić information content (AvgIpc) is 2.65. The third-order valence-electron chi connectivity index (χ3n) is 5.10. The zero-order valence-corrected chi connectivity index (χ0v) is 18.0. The molecular formula is C24H28O6. The maximum absolute atomic E-state index is 12.8. The molecule has 0 atom stereocenters. The Morgan fingerprint density at radius 3 is 2.20 bits per heavy atom. The van der Waals surface area contributed by atoms with Gasteiger partial charge in [0, 0.05) is 12.0 Å². The first-order chi connectivity index (χ1) is 14.0. The Bertz CT molecular complexity index is 987. The fourth-order valence-electron chi connectivity index (χ4n) is 3.64. The van der Waals surface area contributed by atoms with Gasteiger partial charge in [-0.15, -0.1) is 0 Å². The molecule has 2 N–H and O–H groups in total. The lowest BCUT2D eigenvalue weighted by Gasteiger charge is -2.22. The van der Waals surface area contributed by atoms with Gasteiger partial charge in [0.05, 0.1) is 24.7 Å². The number of ketones is 2. The Hall–Kier alpha value is -3.15. The summed E-state index contributed by atoms with van der Waals surface area (Å²) >= 11 is 0. The van der Waals surface area contributed by atoms with Gasteiger partial charge >= 0.3 is 5.97 Å². The molecule has 2 aromatic carbocycles. The van der Waals surface area contributed by atoms with Crippen molar-refractivity contribution in [3.63, 3.8) is 0 Å². The minimum atomic E-state index is -0.948. The number of benzene rings is 2. The summed E-state index contributed by atoms with van der Waals surface area (Å²) in [6, 6.07) is 8.51. The van der Waals surface area contributed by atoms with Crippen molar-refractivity contribution in [1.29, 1.82) is 0 Å². The Labute approximate surface area is 176 Å². The van der Waals surface area contributed by atoms with Gasteiger partial charge in [0.1, 0.15) is 11.5 Å². The molecule has 0 saturated carbocycles. The molecule has 30 heavy (non-hydrogen) atoms. The molecular weight excluding hydrogens is 384 g/mol. The van der Waals surface area contributed by atoms with Crippen LogP contribution < -0.4 is 4.74 Å². The van der Waals surface area contributed by atoms with Gasteiger partial charge in [0.15, 0.2) is 11.6 Å². The first-order valence-corrected chi connectivity index (χ1v) is 9.80. The van der Waals surface area contributed by atoms with Crippen molar-refractivity contribution in [2.24, 2.45) is 5.41 Å². The number of phenols is 1. The maximum atomic E-state index is 12.8. The molecule has 2 rings (SSSR count). The van der Waals surface area contributed by atoms with Crippen molar-refractivity contribution in [3.05, 3.63) is 47.0 Å². The molecule has 160 valence electrons. The van der Waals surface area contributed by atoms with E-state index in [4.69, 9.17) is 9.84 Å². The summed E-state index contributed by atoms with van der Waals surface area (Å²) in [6.45, 7) is 6.78. The first kappa shape index (κ1) is 23.1. The summed E-state index contributed by atoms with van der Waals surface area (Å²) in [5, 5.41) is 19.6. The SMILES string of the molecule is CCc1c(-c2ccc(C(=O)CC(C)(C)CC(=O)O)c(OC)c2)ccc(C(C)=O)c1O. The van der Waals surface area contributed by atoms with Crippen LogP contribution in [0.5, 0.6) is 11.5 Å². The van der Waals surface area contributed by atoms with Crippen molar-refractivity contribution >= 4 is 17.5 Å². The fourth-order valence-corrected chi connectivity index (χ4v) is 3.64. The number of phenolic OH excluding ortho intramolecular Hbond substituents is 1. The number of carbonyl (C=O) groups excluding carboxylic acids is 2. The predicted molar refractivity (Wildman–Crippen MR) is 114 cm³/mol. The van der Waals surface area contributed by atoms with Gasteiger partial charge in [-0.1, -0.05) is 32.9 Å². The van der Waals surface area contributed by atoms with Crippen molar-refractivity contribution in [1.82, 2.24) is 0 Å². The van der Waals surface area contributed by atoms with Crippen molar-refractivity contribution < 1.29 is 29.3 Å². The third kappa shape index (κ3) is 5.06. The summed E-state index contributed by atoms with van der Waals surface area (Å²) in [7, 11) is 1.47. The third-order valence-corrected chi connectivity index (χ3v) is 5.10. The minimum Gasteiger partial charge on any atom is -0.507 e. The van der Waals surface area contributed by atoms with Gasteiger partial charge in [0.2, 0.25) is 0 Å². The van der Waals surface area contributed by atoms with Crippen LogP contribution in [0.15, 0.2) is 30.3 Å². The van der Waals surface area contributed by atoms with Crippen LogP contribution >= 0.6 is 0 Å². The van der Waals surface area contributed by atoms with E-state index < -0.39 is 11.4 Å². The van der Waals surface area contributed by atoms with Gasteiger partial charge in [0.25, 0.3) is 0 Å². The van der Waals surface area contributed by atoms with E-state index in [1.54, 1.807) is 44.2 Å². The number of aliphatic carboxylic acids is 1. The van der Waals surface area contributed by atoms with Crippen LogP contribution in [0.4, 0.5) is 0 Å². The lowest BCUT2D eigenvalue weighted by Crippen LogP contribution is -2.21. The number of Topliss-reactive ketones (excluding diaryl/α,β-unsaturated/α-hetero) is 2. The molecule has 0 aliphatic rings. The Morgan fingerprint density at radius 1 is 1.03 bits per heavy atom. The highest BCUT2D eigenvalue weighted by Gasteiger charge is 2.27. The highest BCUT2D eigenvalue weighted by atomic mass is 16.5. The zero-order valence-electron chi connectivity index (χ0n) is 18.0. The fraction of sp³-hybridized carbons (Fsp3) is 0.375. The summed E-state index contributed by atoms with van der Waals surface area (Å²) in [5.41, 5.74) is 2.11. The van der Waals surface area contributed by atoms with Gasteiger partial charge in [-0.05, 0) is 48.1 Å². The molecule has 0 unspecified atom stereocenters. The molecule has 2 aromatic rings. The quantitative estimate of drug-likeness (QED) is 0.568. The van der Waals surface area contributed by atoms with Gasteiger partial charge in [-0.2, -0.15) is 0 Å². The number of rotatable bonds is 9. The summed E-state index contributed by atoms with van der Waals surface area (Å²) < 4.78 is 5.44. The van der Waals surface area contributed by atoms with E-state index in [-0.39, 0.29) is 35.7 Å². The van der Waals surface area contributed by atoms with E-state index in [2.05, 4.69) is 0 Å². The van der Waals surface area contributed by atoms with Crippen LogP contribution in [0.25, 0.3) is 11.1 Å². The molecule has 0 aliphatic heterocycles. The average molecular weight is 412 g/mol. The highest BCUT2D eigenvalue weighted by Crippen LogP contribution is 2.37. The second kappa shape index (κ2) is 9.11. The molecule has 0 bridgehead atoms. The van der Waals surface area contributed by atoms with E-state index >= 15 is 0 Å². The molecule has 0 saturated heterocycles. The molecule has 0 spiro atoms. The van der Waals surface area contributed by atoms with E-state index in [1.165, 1.54) is 14.0 Å². The standard InChI is InChI=1S/C24H28O6/c1-6-16-18(10-9-17(14(2)25)23(16)29)15-7-8-19(21(11-15)30-5)20(26)12-24(3,4)13-22(27)28/h7-11,29H,6,12-13H2,1-5H3,(H,27,28). The van der Waals surface area contributed by atoms with Gasteiger partial charge < -0.3 is 14.9 Å². The smallest absolute Gasteiger partial charge is 0.303 e. The zero-order chi connectivity index (χ0) is 22.6. The molecule has 0 radical (unpaired) electrons. The highest BCUT2D eigenvalue weighted by molar-refractivity contribution is 6.00. The predicted octanol–water partition coefficient (Wildman–Crippen LogP) is 4.91. The van der Waals surface area contributed by atoms with Gasteiger partial charge in [-0.25, -0.2) is 0 Å². The topological polar surface area (TPSA) is 101 Å². The molecule has 0 amide bonds. The summed E-state index contributed by atoms with van der Waals surface area (Å²) in [6.07, 6.45) is 0.485. The number of carboxylic acids is 1. The van der Waals surface area contributed by atoms with Crippen LogP contribution in [0.3, 0.4) is 0 Å². The van der Waals surface area contributed by atoms with Gasteiger partial charge in [-0.3, -0.25) is 14.4 Å². The second-order valence-electron chi connectivity index (χ2n) is 8.15. The number of hydrogen-bond acceptors (Lipinski definition) is 5. The Balaban J connectivity index is 2.46. The maximum Gasteiger partial charge on any atom is 0.303 e. The van der Waals surface area contributed by atoms with Crippen molar-refractivity contribution in [2.75, 3.05) is 7.11 Å². The van der Waals surface area contributed by atoms with Crippen LogP contribution in [-0.2, 0) is 11.2 Å². The Morgan fingerprint density at radius 2 is 1.67 bits per heavy atom. The minimum absolute atomic E-state index is 0.0305. The molecule has 6 heteroatoms. The largest absolute Gasteiger partial charge is 0.507 e. The number of methoxy groups -OCH3 is 1. The van der Waals surface area contributed by atoms with E-state index in [0.29, 0.717) is 23.3 Å². The second-order valence-corrected chi connectivity index (χ2v) is 8.15. The van der Waals surface area contributed by atoms with E-state index in [1.807, 2.05) is 6.92 Å². The van der Waals surface area contributed by atoms with Crippen LogP contribution in [0.1, 0.15) is 66.8 Å². The van der Waals surface area contributed by atoms with Crippen LogP contribution in [0.2, 0.25) is 0 Å². The van der Waals surface area contributed by atoms with Crippen LogP contribution in [-0.4, -0.2) is 34.9 Å². The number of carbonyl (C=O) groups is 3. The molecule has 0 aromatic heterocycles. The lowest BCUT2D eigenvalue weighted by molar-refractivity contribution is -0.139. The van der Waals surface area contributed by atoms with Crippen molar-refractivity contribution in [2.45, 2.75) is 47.0 Å². The lowest BCUT2D eigenvalue weighted by atomic mass is 9.82. The number of ether oxygens (including phenoxy) is 1. The first-order valence-electron chi connectivity index (χ1n) is 9.80. The van der Waals surface area contributed by atoms with Crippen molar-refractivity contribution in [3.8, 4) is 22.6 Å². The van der Waals surface area contributed by atoms with E-state index in [9.17, 15) is 19.5 Å². The molecule has 0 aliphatic carbocycles. The normalized spacial score (nSPS) is 11.2. The summed E-state index contributed by atoms with van der Waals surface area (Å²) in [5.74, 6) is -1.01. The summed E-state index contributed by atoms with van der Waals surface area (Å²) in [4.78, 5) is 35.6. The monoisotopic (exact) mass is 412 g/mol. The van der Waals surface area contributed by atoms with Crippen LogP contribution in [0, 0.1) is 5.41 Å². The van der Waals surface area contributed by atoms with E-state index in [0.717, 1.165) is 11.1 Å². The number of carboxylic acid groups (broad SMARTS) is 1. The molecule has 0 fully saturated rings.